The van der Waals surface area contributed by atoms with Crippen LogP contribution in [0.3, 0.4) is 0 Å². The van der Waals surface area contributed by atoms with E-state index < -0.39 is 50.1 Å². The van der Waals surface area contributed by atoms with Gasteiger partial charge >= 0.3 is 121 Å². The molecule has 0 heterocycles. The molecule has 0 bridgehead atoms. The molecule has 0 aliphatic carbocycles. The van der Waals surface area contributed by atoms with Gasteiger partial charge in [-0.1, -0.05) is 0 Å². The van der Waals surface area contributed by atoms with E-state index in [1.54, 1.807) is 0 Å². The minimum atomic E-state index is -1.23. The summed E-state index contributed by atoms with van der Waals surface area (Å²) in [6, 6.07) is 0. The Balaban J connectivity index is -0.0000000860. The van der Waals surface area contributed by atoms with Crippen molar-refractivity contribution in [3.63, 3.8) is 0 Å². The van der Waals surface area contributed by atoms with Crippen LogP contribution in [0.25, 0.3) is 0 Å². The maximum Gasteiger partial charge on any atom is 2.00 e. The van der Waals surface area contributed by atoms with Crippen molar-refractivity contribution >= 4 is 61.6 Å². The summed E-state index contributed by atoms with van der Waals surface area (Å²) < 4.78 is 0. The molecule has 4 N–H and O–H groups in total. The Morgan fingerprint density at radius 1 is 0.609 bits per heavy atom. The quantitative estimate of drug-likeness (QED) is 0.253. The molecule has 0 saturated heterocycles. The molecule has 13 heteroatoms. The summed E-state index contributed by atoms with van der Waals surface area (Å²) in [6.07, 6.45) is 0. The molecular formula is C10H20CaN2Na2O8. The van der Waals surface area contributed by atoms with E-state index in [0.29, 0.717) is 0 Å². The minimum Gasteiger partial charge on any atom is -1.00 e. The molecule has 0 aromatic heterocycles. The summed E-state index contributed by atoms with van der Waals surface area (Å²) in [5.74, 6) is -4.91. The predicted molar refractivity (Wildman–Crippen MR) is 73.6 cm³/mol. The van der Waals surface area contributed by atoms with E-state index in [1.807, 2.05) is 0 Å². The minimum absolute atomic E-state index is 0. The average molecular weight is 382 g/mol. The molecule has 0 aromatic rings. The van der Waals surface area contributed by atoms with Gasteiger partial charge < -0.3 is 26.1 Å². The van der Waals surface area contributed by atoms with Gasteiger partial charge in [-0.25, -0.2) is 0 Å². The van der Waals surface area contributed by atoms with E-state index >= 15 is 0 Å². The molecule has 0 aliphatic heterocycles. The van der Waals surface area contributed by atoms with E-state index in [0.717, 1.165) is 9.80 Å². The van der Waals surface area contributed by atoms with Crippen molar-refractivity contribution in [2.75, 3.05) is 39.3 Å². The predicted octanol–water partition coefficient (Wildman–Crippen LogP) is -7.99. The third kappa shape index (κ3) is 21.0. The monoisotopic (exact) mass is 382 g/mol. The van der Waals surface area contributed by atoms with Crippen LogP contribution in [0.4, 0.5) is 0 Å². The fourth-order valence-electron chi connectivity index (χ4n) is 1.48. The zero-order valence-electron chi connectivity index (χ0n) is 17.3. The fourth-order valence-corrected chi connectivity index (χ4v) is 1.48. The van der Waals surface area contributed by atoms with Crippen LogP contribution in [0.2, 0.25) is 0 Å². The molecule has 23 heavy (non-hydrogen) atoms. The van der Waals surface area contributed by atoms with Crippen LogP contribution in [0.1, 0.15) is 5.71 Å². The van der Waals surface area contributed by atoms with Crippen molar-refractivity contribution in [2.24, 2.45) is 0 Å². The molecule has 0 saturated carbocycles. The summed E-state index contributed by atoms with van der Waals surface area (Å²) in [5, 5.41) is 34.5. The van der Waals surface area contributed by atoms with Crippen molar-refractivity contribution in [1.29, 1.82) is 0 Å². The van der Waals surface area contributed by atoms with Gasteiger partial charge in [-0.3, -0.25) is 29.0 Å². The number of aliphatic carboxylic acids is 4. The zero-order valence-corrected chi connectivity index (χ0v) is 19.5. The molecule has 10 nitrogen and oxygen atoms in total. The van der Waals surface area contributed by atoms with E-state index in [9.17, 15) is 19.2 Å². The smallest absolute Gasteiger partial charge is 1.00 e. The first-order chi connectivity index (χ1) is 9.20. The van der Waals surface area contributed by atoms with Crippen molar-refractivity contribution in [1.82, 2.24) is 9.80 Å². The van der Waals surface area contributed by atoms with Gasteiger partial charge in [0.2, 0.25) is 0 Å². The maximum atomic E-state index is 10.6. The molecule has 0 rings (SSSR count). The van der Waals surface area contributed by atoms with Gasteiger partial charge in [0.1, 0.15) is 0 Å². The third-order valence-electron chi connectivity index (χ3n) is 2.17. The molecule has 0 aromatic carbocycles. The maximum absolute atomic E-state index is 10.6. The number of hydrogen-bond acceptors (Lipinski definition) is 6. The molecule has 0 radical (unpaired) electrons. The third-order valence-corrected chi connectivity index (χ3v) is 2.17. The first-order valence-electron chi connectivity index (χ1n) is 5.52. The first kappa shape index (κ1) is 31.8. The van der Waals surface area contributed by atoms with Gasteiger partial charge in [-0.05, 0) is 0 Å². The van der Waals surface area contributed by atoms with Crippen LogP contribution >= 0.6 is 0 Å². The summed E-state index contributed by atoms with van der Waals surface area (Å²) in [5.41, 5.74) is 0. The van der Waals surface area contributed by atoms with E-state index in [4.69, 9.17) is 20.4 Å². The van der Waals surface area contributed by atoms with E-state index in [-0.39, 0.29) is 116 Å². The number of carboxylic acid groups (broad SMARTS) is 4. The molecule has 0 aliphatic rings. The first-order valence-corrected chi connectivity index (χ1v) is 5.52. The van der Waals surface area contributed by atoms with Crippen LogP contribution in [0.5, 0.6) is 0 Å². The largest absolute Gasteiger partial charge is 2.00 e. The second-order valence-corrected chi connectivity index (χ2v) is 4.00. The molecular weight excluding hydrogens is 362 g/mol. The topological polar surface area (TPSA) is 156 Å². The van der Waals surface area contributed by atoms with Crippen molar-refractivity contribution < 1.29 is 104 Å². The number of rotatable bonds is 11. The molecule has 0 unspecified atom stereocenters. The number of carboxylic acids is 4. The Morgan fingerprint density at radius 2 is 0.783 bits per heavy atom. The van der Waals surface area contributed by atoms with Crippen LogP contribution in [-0.4, -0.2) is 131 Å². The van der Waals surface area contributed by atoms with E-state index in [2.05, 4.69) is 0 Å². The normalized spacial score (nSPS) is 9.30. The summed E-state index contributed by atoms with van der Waals surface area (Å²) in [7, 11) is 0. The summed E-state index contributed by atoms with van der Waals surface area (Å²) >= 11 is 0. The number of hydrogen-bond donors (Lipinski definition) is 4. The van der Waals surface area contributed by atoms with Crippen molar-refractivity contribution in [3.8, 4) is 0 Å². The zero-order chi connectivity index (χ0) is 15.7. The average Bonchev–Trinajstić information content (AvgIpc) is 2.22. The molecule has 0 amide bonds. The summed E-state index contributed by atoms with van der Waals surface area (Å²) in [4.78, 5) is 44.4. The van der Waals surface area contributed by atoms with Gasteiger partial charge in [0.05, 0.1) is 26.2 Å². The molecule has 0 atom stereocenters. The van der Waals surface area contributed by atoms with Gasteiger partial charge in [0.15, 0.2) is 0 Å². The Morgan fingerprint density at radius 3 is 0.913 bits per heavy atom. The fraction of sp³-hybridized carbons (Fsp3) is 0.600. The standard InChI is InChI=1S/C10H16N2O8.Ca.2Na.4H/c13-7(14)3-11(4-8(15)16)1-2-12(5-9(17)18)6-10(19)20;;;;;;;/h1-6H2,(H,13,14)(H,15,16)(H,17,18)(H,19,20);;;;;;;/q;+2;2*+1;4*-1. The molecule has 0 spiro atoms. The molecule has 122 valence electrons. The Kier molecular flexibility index (Phi) is 24.7. The van der Waals surface area contributed by atoms with Crippen LogP contribution in [0, 0.1) is 0 Å². The van der Waals surface area contributed by atoms with Gasteiger partial charge in [0, 0.05) is 13.1 Å². The summed E-state index contributed by atoms with van der Waals surface area (Å²) in [6.45, 7) is -2.25. The number of carbonyl (C=O) groups is 4. The van der Waals surface area contributed by atoms with Gasteiger partial charge in [-0.15, -0.1) is 0 Å². The van der Waals surface area contributed by atoms with Gasteiger partial charge in [0.25, 0.3) is 0 Å². The second kappa shape index (κ2) is 17.9. The van der Waals surface area contributed by atoms with Crippen LogP contribution in [-0.2, 0) is 19.2 Å². The van der Waals surface area contributed by atoms with E-state index in [1.165, 1.54) is 0 Å². The van der Waals surface area contributed by atoms with Gasteiger partial charge in [-0.2, -0.15) is 0 Å². The second-order valence-electron chi connectivity index (χ2n) is 4.00. The van der Waals surface area contributed by atoms with Crippen LogP contribution < -0.4 is 59.1 Å². The molecule has 0 fully saturated rings. The Labute approximate surface area is 212 Å². The Hall–Kier alpha value is 1.06. The number of nitrogens with zero attached hydrogens (tertiary/aromatic N) is 2. The van der Waals surface area contributed by atoms with Crippen molar-refractivity contribution in [2.45, 2.75) is 0 Å². The van der Waals surface area contributed by atoms with Crippen molar-refractivity contribution in [3.05, 3.63) is 0 Å². The Bertz CT molecular complexity index is 347. The van der Waals surface area contributed by atoms with Crippen LogP contribution in [0.15, 0.2) is 0 Å². The SMILES string of the molecule is O=C(O)CN(CCN(CC(=O)O)CC(=O)O)CC(=O)O.[Ca+2].[H-].[H-].[H-].[H-].[Na+].[Na+].